The second-order valence-electron chi connectivity index (χ2n) is 4.93. The molecule has 0 radical (unpaired) electrons. The summed E-state index contributed by atoms with van der Waals surface area (Å²) in [6.07, 6.45) is 4.54. The van der Waals surface area contributed by atoms with Crippen LogP contribution in [0.2, 0.25) is 0 Å². The zero-order valence-electron chi connectivity index (χ0n) is 12.7. The Morgan fingerprint density at radius 3 is 2.62 bits per heavy atom. The number of hydrogen-bond donors (Lipinski definition) is 0. The van der Waals surface area contributed by atoms with E-state index in [-0.39, 0.29) is 0 Å². The van der Waals surface area contributed by atoms with E-state index >= 15 is 0 Å². The van der Waals surface area contributed by atoms with E-state index < -0.39 is 22.7 Å². The van der Waals surface area contributed by atoms with E-state index in [9.17, 15) is 18.9 Å². The Morgan fingerprint density at radius 1 is 1.38 bits per heavy atom. The molecule has 0 saturated carbocycles. The maximum absolute atomic E-state index is 12.8. The van der Waals surface area contributed by atoms with Gasteiger partial charge >= 0.3 is 5.69 Å². The molecular weight excluding hydrogens is 320 g/mol. The smallest absolute Gasteiger partial charge is 0.316 e. The summed E-state index contributed by atoms with van der Waals surface area (Å²) in [6, 6.07) is 6.75. The van der Waals surface area contributed by atoms with Gasteiger partial charge in [0.25, 0.3) is 6.43 Å². The molecule has 24 heavy (non-hydrogen) atoms. The van der Waals surface area contributed by atoms with Gasteiger partial charge in [0.05, 0.1) is 17.2 Å². The van der Waals surface area contributed by atoms with Crippen molar-refractivity contribution in [2.45, 2.75) is 25.9 Å². The van der Waals surface area contributed by atoms with Gasteiger partial charge in [-0.25, -0.2) is 13.5 Å². The minimum atomic E-state index is -3.01. The Balaban J connectivity index is 2.07. The molecule has 0 unspecified atom stereocenters. The average molecular weight is 335 g/mol. The van der Waals surface area contributed by atoms with Crippen molar-refractivity contribution in [1.29, 1.82) is 0 Å². The minimum absolute atomic E-state index is 0.395. The number of terminal acetylenes is 1. The molecular formula is C16H15F2N3O3. The largest absolute Gasteiger partial charge is 0.377 e. The van der Waals surface area contributed by atoms with E-state index in [4.69, 9.17) is 11.2 Å². The Labute approximate surface area is 137 Å². The van der Waals surface area contributed by atoms with E-state index in [2.05, 4.69) is 11.0 Å². The van der Waals surface area contributed by atoms with Crippen molar-refractivity contribution in [1.82, 2.24) is 9.78 Å². The highest BCUT2D eigenvalue weighted by molar-refractivity contribution is 5.40. The lowest BCUT2D eigenvalue weighted by Crippen LogP contribution is -1.98. The van der Waals surface area contributed by atoms with Crippen LogP contribution in [0.3, 0.4) is 0 Å². The van der Waals surface area contributed by atoms with E-state index in [0.29, 0.717) is 25.3 Å². The summed E-state index contributed by atoms with van der Waals surface area (Å²) in [5.41, 5.74) is -0.219. The van der Waals surface area contributed by atoms with Crippen LogP contribution in [0.25, 0.3) is 5.69 Å². The molecule has 0 saturated heterocycles. The van der Waals surface area contributed by atoms with E-state index in [0.717, 1.165) is 22.9 Å². The topological polar surface area (TPSA) is 70.2 Å². The van der Waals surface area contributed by atoms with Gasteiger partial charge in [0.2, 0.25) is 5.69 Å². The monoisotopic (exact) mass is 335 g/mol. The third-order valence-corrected chi connectivity index (χ3v) is 3.21. The summed E-state index contributed by atoms with van der Waals surface area (Å²) >= 11 is 0. The van der Waals surface area contributed by atoms with Crippen LogP contribution in [0, 0.1) is 22.5 Å². The Kier molecular flexibility index (Phi) is 5.98. The van der Waals surface area contributed by atoms with Crippen molar-refractivity contribution in [2.75, 3.05) is 6.61 Å². The lowest BCUT2D eigenvalue weighted by molar-refractivity contribution is -0.386. The van der Waals surface area contributed by atoms with Crippen molar-refractivity contribution in [3.05, 3.63) is 51.8 Å². The second kappa shape index (κ2) is 8.17. The van der Waals surface area contributed by atoms with Crippen molar-refractivity contribution >= 4 is 5.69 Å². The molecule has 0 spiro atoms. The average Bonchev–Trinajstić information content (AvgIpc) is 3.01. The van der Waals surface area contributed by atoms with Crippen molar-refractivity contribution in [3.8, 4) is 18.0 Å². The first-order valence-corrected chi connectivity index (χ1v) is 7.15. The normalized spacial score (nSPS) is 10.8. The van der Waals surface area contributed by atoms with E-state index in [1.54, 1.807) is 24.3 Å². The molecule has 2 aromatic rings. The number of nitrogens with zero attached hydrogens (tertiary/aromatic N) is 3. The van der Waals surface area contributed by atoms with Crippen LogP contribution in [0.4, 0.5) is 14.5 Å². The lowest BCUT2D eigenvalue weighted by atomic mass is 10.2. The first-order valence-electron chi connectivity index (χ1n) is 7.15. The fourth-order valence-corrected chi connectivity index (χ4v) is 2.02. The molecule has 1 heterocycles. The summed E-state index contributed by atoms with van der Waals surface area (Å²) in [5, 5.41) is 14.4. The molecule has 0 N–H and O–H groups in total. The predicted molar refractivity (Wildman–Crippen MR) is 82.9 cm³/mol. The molecule has 0 fully saturated rings. The standard InChI is InChI=1S/C16H15F2N3O3/c1-2-3-4-9-24-11-12-5-7-13(8-6-12)20-10-14(21(22)23)15(19-20)16(17)18/h1,5-8,10,16H,3-4,9,11H2. The van der Waals surface area contributed by atoms with Gasteiger partial charge in [0.1, 0.15) is 6.20 Å². The summed E-state index contributed by atoms with van der Waals surface area (Å²) in [6.45, 7) is 0.946. The van der Waals surface area contributed by atoms with Crippen LogP contribution in [0.1, 0.15) is 30.5 Å². The summed E-state index contributed by atoms with van der Waals surface area (Å²) in [7, 11) is 0. The first kappa shape index (κ1) is 17.6. The molecule has 0 aliphatic rings. The summed E-state index contributed by atoms with van der Waals surface area (Å²) in [4.78, 5) is 9.94. The number of rotatable bonds is 8. The second-order valence-corrected chi connectivity index (χ2v) is 4.93. The molecule has 1 aromatic carbocycles. The van der Waals surface area contributed by atoms with Gasteiger partial charge in [0.15, 0.2) is 0 Å². The quantitative estimate of drug-likeness (QED) is 0.319. The number of benzene rings is 1. The number of hydrogen-bond acceptors (Lipinski definition) is 4. The van der Waals surface area contributed by atoms with Gasteiger partial charge in [-0.2, -0.15) is 5.10 Å². The minimum Gasteiger partial charge on any atom is -0.377 e. The van der Waals surface area contributed by atoms with E-state index in [1.807, 2.05) is 0 Å². The highest BCUT2D eigenvalue weighted by atomic mass is 19.3. The number of alkyl halides is 2. The zero-order chi connectivity index (χ0) is 17.5. The van der Waals surface area contributed by atoms with Gasteiger partial charge in [-0.3, -0.25) is 10.1 Å². The third kappa shape index (κ3) is 4.36. The number of unbranched alkanes of at least 4 members (excludes halogenated alkanes) is 1. The molecule has 0 bridgehead atoms. The maximum atomic E-state index is 12.8. The van der Waals surface area contributed by atoms with Gasteiger partial charge < -0.3 is 4.74 Å². The van der Waals surface area contributed by atoms with Crippen LogP contribution >= 0.6 is 0 Å². The van der Waals surface area contributed by atoms with Gasteiger partial charge in [-0.1, -0.05) is 12.1 Å². The molecule has 1 aromatic heterocycles. The van der Waals surface area contributed by atoms with Crippen molar-refractivity contribution in [2.24, 2.45) is 0 Å². The molecule has 2 rings (SSSR count). The SMILES string of the molecule is C#CCCCOCc1ccc(-n2cc([N+](=O)[O-])c(C(F)F)n2)cc1. The summed E-state index contributed by atoms with van der Waals surface area (Å²) < 4.78 is 32.1. The fourth-order valence-electron chi connectivity index (χ4n) is 2.02. The Hall–Kier alpha value is -2.79. The molecule has 0 amide bonds. The molecule has 126 valence electrons. The van der Waals surface area contributed by atoms with Crippen LogP contribution < -0.4 is 0 Å². The Bertz CT molecular complexity index is 736. The highest BCUT2D eigenvalue weighted by Crippen LogP contribution is 2.28. The Morgan fingerprint density at radius 2 is 2.08 bits per heavy atom. The first-order chi connectivity index (χ1) is 11.5. The van der Waals surface area contributed by atoms with E-state index in [1.165, 1.54) is 0 Å². The zero-order valence-corrected chi connectivity index (χ0v) is 12.7. The van der Waals surface area contributed by atoms with Crippen LogP contribution in [-0.2, 0) is 11.3 Å². The molecule has 0 aliphatic carbocycles. The number of ether oxygens (including phenoxy) is 1. The van der Waals surface area contributed by atoms with Crippen LogP contribution in [-0.4, -0.2) is 21.3 Å². The molecule has 0 aliphatic heterocycles. The third-order valence-electron chi connectivity index (χ3n) is 3.21. The number of nitro groups is 1. The summed E-state index contributed by atoms with van der Waals surface area (Å²) in [5.74, 6) is 2.52. The van der Waals surface area contributed by atoms with Crippen molar-refractivity contribution in [3.63, 3.8) is 0 Å². The van der Waals surface area contributed by atoms with Gasteiger partial charge in [0, 0.05) is 13.0 Å². The van der Waals surface area contributed by atoms with Crippen molar-refractivity contribution < 1.29 is 18.4 Å². The highest BCUT2D eigenvalue weighted by Gasteiger charge is 2.27. The van der Waals surface area contributed by atoms with Crippen LogP contribution in [0.15, 0.2) is 30.5 Å². The fraction of sp³-hybridized carbons (Fsp3) is 0.312. The lowest BCUT2D eigenvalue weighted by Gasteiger charge is -2.05. The van der Waals surface area contributed by atoms with Crippen LogP contribution in [0.5, 0.6) is 0 Å². The molecule has 6 nitrogen and oxygen atoms in total. The molecule has 0 atom stereocenters. The van der Waals surface area contributed by atoms with Gasteiger partial charge in [-0.15, -0.1) is 12.3 Å². The number of halogens is 2. The maximum Gasteiger partial charge on any atom is 0.316 e. The number of aromatic nitrogens is 2. The predicted octanol–water partition coefficient (Wildman–Crippen LogP) is 3.65. The van der Waals surface area contributed by atoms with Gasteiger partial charge in [-0.05, 0) is 24.1 Å². The molecule has 8 heteroatoms.